The second kappa shape index (κ2) is 11.3. The van der Waals surface area contributed by atoms with Crippen molar-refractivity contribution in [2.45, 2.75) is 78.4 Å². The van der Waals surface area contributed by atoms with Crippen LogP contribution in [0.4, 0.5) is 0 Å². The number of hydrogen-bond acceptors (Lipinski definition) is 3. The highest BCUT2D eigenvalue weighted by Crippen LogP contribution is 2.11. The lowest BCUT2D eigenvalue weighted by molar-refractivity contribution is -0.163. The SMILES string of the molecule is CC=C(C)C(=O)OC(O)CCCCCCCCC. The molecule has 0 heterocycles. The summed E-state index contributed by atoms with van der Waals surface area (Å²) in [6.07, 6.45) is 9.62. The van der Waals surface area contributed by atoms with Gasteiger partial charge in [0.2, 0.25) is 6.29 Å². The van der Waals surface area contributed by atoms with Crippen LogP contribution in [-0.4, -0.2) is 17.4 Å². The minimum atomic E-state index is -0.956. The minimum absolute atomic E-state index is 0.423. The summed E-state index contributed by atoms with van der Waals surface area (Å²) in [6, 6.07) is 0. The first-order valence-electron chi connectivity index (χ1n) is 7.13. The fourth-order valence-corrected chi connectivity index (χ4v) is 1.67. The quantitative estimate of drug-likeness (QED) is 0.278. The van der Waals surface area contributed by atoms with Gasteiger partial charge in [-0.25, -0.2) is 4.79 Å². The molecule has 0 aromatic rings. The summed E-state index contributed by atoms with van der Waals surface area (Å²) in [4.78, 5) is 11.3. The van der Waals surface area contributed by atoms with Gasteiger partial charge >= 0.3 is 5.97 Å². The molecule has 3 heteroatoms. The largest absolute Gasteiger partial charge is 0.433 e. The Morgan fingerprint density at radius 1 is 1.17 bits per heavy atom. The van der Waals surface area contributed by atoms with Crippen molar-refractivity contribution < 1.29 is 14.6 Å². The Hall–Kier alpha value is -0.830. The predicted molar refractivity (Wildman–Crippen MR) is 74.1 cm³/mol. The summed E-state index contributed by atoms with van der Waals surface area (Å²) < 4.78 is 4.90. The Labute approximate surface area is 111 Å². The number of allylic oxidation sites excluding steroid dienone is 1. The molecule has 0 aliphatic carbocycles. The topological polar surface area (TPSA) is 46.5 Å². The van der Waals surface area contributed by atoms with E-state index >= 15 is 0 Å². The average Bonchev–Trinajstić information content (AvgIpc) is 2.36. The third-order valence-electron chi connectivity index (χ3n) is 3.05. The maximum Gasteiger partial charge on any atom is 0.335 e. The lowest BCUT2D eigenvalue weighted by atomic mass is 10.1. The highest BCUT2D eigenvalue weighted by molar-refractivity contribution is 5.87. The molecule has 1 atom stereocenters. The van der Waals surface area contributed by atoms with Gasteiger partial charge in [-0.15, -0.1) is 0 Å². The van der Waals surface area contributed by atoms with Crippen LogP contribution in [0.2, 0.25) is 0 Å². The zero-order valence-corrected chi connectivity index (χ0v) is 12.1. The van der Waals surface area contributed by atoms with Crippen LogP contribution in [0, 0.1) is 0 Å². The first-order valence-corrected chi connectivity index (χ1v) is 7.13. The molecule has 106 valence electrons. The molecule has 1 N–H and O–H groups in total. The molecule has 0 spiro atoms. The highest BCUT2D eigenvalue weighted by atomic mass is 16.6. The Balaban J connectivity index is 3.48. The van der Waals surface area contributed by atoms with Crippen molar-refractivity contribution in [3.8, 4) is 0 Å². The standard InChI is InChI=1S/C15H28O3/c1-4-6-7-8-9-10-11-12-14(16)18-15(17)13(3)5-2/h5,14,16H,4,6-12H2,1-3H3. The van der Waals surface area contributed by atoms with E-state index in [0.717, 1.165) is 12.8 Å². The summed E-state index contributed by atoms with van der Waals surface area (Å²) in [5.41, 5.74) is 0.536. The van der Waals surface area contributed by atoms with Crippen molar-refractivity contribution in [1.29, 1.82) is 0 Å². The molecule has 0 saturated heterocycles. The average molecular weight is 256 g/mol. The summed E-state index contributed by atoms with van der Waals surface area (Å²) >= 11 is 0. The molecule has 0 fully saturated rings. The third kappa shape index (κ3) is 9.23. The van der Waals surface area contributed by atoms with Crippen LogP contribution in [0.15, 0.2) is 11.6 Å². The molecule has 0 aliphatic rings. The predicted octanol–water partition coefficient (Wildman–Crippen LogP) is 3.95. The highest BCUT2D eigenvalue weighted by Gasteiger charge is 2.11. The number of aliphatic hydroxyl groups excluding tert-OH is 1. The molecule has 0 rings (SSSR count). The molecule has 0 amide bonds. The molecule has 3 nitrogen and oxygen atoms in total. The van der Waals surface area contributed by atoms with Gasteiger partial charge in [0.05, 0.1) is 0 Å². The smallest absolute Gasteiger partial charge is 0.335 e. The lowest BCUT2D eigenvalue weighted by Gasteiger charge is -2.12. The fourth-order valence-electron chi connectivity index (χ4n) is 1.67. The number of aliphatic hydroxyl groups is 1. The molecule has 0 saturated carbocycles. The second-order valence-electron chi connectivity index (χ2n) is 4.74. The fraction of sp³-hybridized carbons (Fsp3) is 0.800. The van der Waals surface area contributed by atoms with Crippen molar-refractivity contribution in [1.82, 2.24) is 0 Å². The van der Waals surface area contributed by atoms with E-state index in [2.05, 4.69) is 6.92 Å². The van der Waals surface area contributed by atoms with Crippen LogP contribution < -0.4 is 0 Å². The third-order valence-corrected chi connectivity index (χ3v) is 3.05. The van der Waals surface area contributed by atoms with Crippen LogP contribution in [0.5, 0.6) is 0 Å². The number of esters is 1. The molecule has 1 unspecified atom stereocenters. The molecular formula is C15H28O3. The zero-order chi connectivity index (χ0) is 13.8. The lowest BCUT2D eigenvalue weighted by Crippen LogP contribution is -2.18. The summed E-state index contributed by atoms with van der Waals surface area (Å²) in [7, 11) is 0. The number of hydrogen-bond donors (Lipinski definition) is 1. The Kier molecular flexibility index (Phi) is 10.8. The number of carbonyl (C=O) groups excluding carboxylic acids is 1. The van der Waals surface area contributed by atoms with Gasteiger partial charge in [-0.1, -0.05) is 51.5 Å². The van der Waals surface area contributed by atoms with E-state index in [4.69, 9.17) is 4.74 Å². The van der Waals surface area contributed by atoms with Crippen LogP contribution in [0.25, 0.3) is 0 Å². The first-order chi connectivity index (χ1) is 8.61. The van der Waals surface area contributed by atoms with E-state index < -0.39 is 12.3 Å². The summed E-state index contributed by atoms with van der Waals surface area (Å²) in [6.45, 7) is 5.67. The molecule has 0 radical (unpaired) electrons. The molecule has 0 bridgehead atoms. The van der Waals surface area contributed by atoms with E-state index in [9.17, 15) is 9.90 Å². The molecular weight excluding hydrogens is 228 g/mol. The molecule has 0 aliphatic heterocycles. The Bertz CT molecular complexity index is 246. The molecule has 0 aromatic heterocycles. The van der Waals surface area contributed by atoms with Gasteiger partial charge in [-0.05, 0) is 20.3 Å². The van der Waals surface area contributed by atoms with Crippen LogP contribution in [-0.2, 0) is 9.53 Å². The maximum absolute atomic E-state index is 11.3. The first kappa shape index (κ1) is 17.2. The zero-order valence-electron chi connectivity index (χ0n) is 12.1. The van der Waals surface area contributed by atoms with E-state index in [1.807, 2.05) is 0 Å². The maximum atomic E-state index is 11.3. The van der Waals surface area contributed by atoms with Gasteiger partial charge in [0.1, 0.15) is 0 Å². The number of carbonyl (C=O) groups is 1. The summed E-state index contributed by atoms with van der Waals surface area (Å²) in [5, 5.41) is 9.53. The van der Waals surface area contributed by atoms with E-state index in [0.29, 0.717) is 12.0 Å². The van der Waals surface area contributed by atoms with Crippen molar-refractivity contribution in [2.75, 3.05) is 0 Å². The van der Waals surface area contributed by atoms with Gasteiger partial charge < -0.3 is 9.84 Å². The van der Waals surface area contributed by atoms with Gasteiger partial charge in [0.25, 0.3) is 0 Å². The van der Waals surface area contributed by atoms with Gasteiger partial charge in [-0.2, -0.15) is 0 Å². The van der Waals surface area contributed by atoms with Crippen molar-refractivity contribution >= 4 is 5.97 Å². The van der Waals surface area contributed by atoms with Crippen molar-refractivity contribution in [2.24, 2.45) is 0 Å². The minimum Gasteiger partial charge on any atom is -0.433 e. The molecule has 18 heavy (non-hydrogen) atoms. The molecule has 0 aromatic carbocycles. The van der Waals surface area contributed by atoms with Crippen molar-refractivity contribution in [3.05, 3.63) is 11.6 Å². The van der Waals surface area contributed by atoms with Gasteiger partial charge in [0, 0.05) is 12.0 Å². The Morgan fingerprint density at radius 3 is 2.28 bits per heavy atom. The van der Waals surface area contributed by atoms with Crippen LogP contribution in [0.3, 0.4) is 0 Å². The number of rotatable bonds is 10. The summed E-state index contributed by atoms with van der Waals surface area (Å²) in [5.74, 6) is -0.423. The van der Waals surface area contributed by atoms with Gasteiger partial charge in [-0.3, -0.25) is 0 Å². The second-order valence-corrected chi connectivity index (χ2v) is 4.74. The normalized spacial score (nSPS) is 13.4. The number of unbranched alkanes of at least 4 members (excludes halogenated alkanes) is 6. The van der Waals surface area contributed by atoms with Crippen LogP contribution in [0.1, 0.15) is 72.1 Å². The number of ether oxygens (including phenoxy) is 1. The Morgan fingerprint density at radius 2 is 1.72 bits per heavy atom. The van der Waals surface area contributed by atoms with Gasteiger partial charge in [0.15, 0.2) is 0 Å². The van der Waals surface area contributed by atoms with Crippen LogP contribution >= 0.6 is 0 Å². The van der Waals surface area contributed by atoms with E-state index in [-0.39, 0.29) is 0 Å². The monoisotopic (exact) mass is 256 g/mol. The van der Waals surface area contributed by atoms with E-state index in [1.165, 1.54) is 32.1 Å². The van der Waals surface area contributed by atoms with Crippen molar-refractivity contribution in [3.63, 3.8) is 0 Å². The van der Waals surface area contributed by atoms with E-state index in [1.54, 1.807) is 19.9 Å².